The summed E-state index contributed by atoms with van der Waals surface area (Å²) in [6.07, 6.45) is 3.12. The van der Waals surface area contributed by atoms with Gasteiger partial charge in [-0.3, -0.25) is 4.79 Å². The van der Waals surface area contributed by atoms with Gasteiger partial charge in [0.1, 0.15) is 0 Å². The number of nitrogens with zero attached hydrogens (tertiary/aromatic N) is 1. The van der Waals surface area contributed by atoms with Crippen molar-refractivity contribution in [3.8, 4) is 0 Å². The second-order valence-corrected chi connectivity index (χ2v) is 4.32. The van der Waals surface area contributed by atoms with E-state index in [0.29, 0.717) is 6.54 Å². The van der Waals surface area contributed by atoms with E-state index in [1.54, 1.807) is 0 Å². The van der Waals surface area contributed by atoms with Crippen molar-refractivity contribution >= 4 is 5.91 Å². The fraction of sp³-hybridized carbons (Fsp3) is 0.909. The monoisotopic (exact) mass is 214 g/mol. The van der Waals surface area contributed by atoms with E-state index in [1.807, 2.05) is 18.9 Å². The van der Waals surface area contributed by atoms with E-state index in [-0.39, 0.29) is 24.5 Å². The van der Waals surface area contributed by atoms with Gasteiger partial charge in [0.25, 0.3) is 0 Å². The van der Waals surface area contributed by atoms with Gasteiger partial charge in [0, 0.05) is 19.0 Å². The summed E-state index contributed by atoms with van der Waals surface area (Å²) >= 11 is 0. The molecule has 88 valence electrons. The predicted molar refractivity (Wildman–Crippen MR) is 59.5 cm³/mol. The molecule has 0 saturated carbocycles. The molecular weight excluding hydrogens is 192 g/mol. The highest BCUT2D eigenvalue weighted by Gasteiger charge is 2.28. The van der Waals surface area contributed by atoms with Crippen LogP contribution in [0.25, 0.3) is 0 Å². The number of carbonyl (C=O) groups is 1. The minimum atomic E-state index is 0.00199. The Balaban J connectivity index is 2.55. The van der Waals surface area contributed by atoms with Crippen molar-refractivity contribution in [1.29, 1.82) is 0 Å². The Morgan fingerprint density at radius 3 is 2.93 bits per heavy atom. The average Bonchev–Trinajstić information content (AvgIpc) is 2.28. The van der Waals surface area contributed by atoms with Gasteiger partial charge in [-0.05, 0) is 26.3 Å². The molecule has 1 amide bonds. The maximum absolute atomic E-state index is 12.0. The van der Waals surface area contributed by atoms with Crippen molar-refractivity contribution in [2.24, 2.45) is 5.92 Å². The smallest absolute Gasteiger partial charge is 0.227 e. The van der Waals surface area contributed by atoms with Crippen LogP contribution in [0.1, 0.15) is 26.2 Å². The SMILES string of the molecule is CNCC(C)C(=O)N1CCCCC1CO. The van der Waals surface area contributed by atoms with Gasteiger partial charge >= 0.3 is 0 Å². The van der Waals surface area contributed by atoms with E-state index < -0.39 is 0 Å². The van der Waals surface area contributed by atoms with Crippen LogP contribution < -0.4 is 5.32 Å². The predicted octanol–water partition coefficient (Wildman–Crippen LogP) is 0.215. The molecule has 0 spiro atoms. The third kappa shape index (κ3) is 3.18. The molecule has 1 rings (SSSR count). The Kier molecular flexibility index (Phi) is 5.05. The van der Waals surface area contributed by atoms with E-state index >= 15 is 0 Å². The molecule has 0 bridgehead atoms. The van der Waals surface area contributed by atoms with Gasteiger partial charge in [-0.2, -0.15) is 0 Å². The zero-order chi connectivity index (χ0) is 11.3. The Morgan fingerprint density at radius 2 is 2.33 bits per heavy atom. The van der Waals surface area contributed by atoms with Crippen LogP contribution in [0.5, 0.6) is 0 Å². The molecule has 15 heavy (non-hydrogen) atoms. The van der Waals surface area contributed by atoms with E-state index in [2.05, 4.69) is 5.32 Å². The van der Waals surface area contributed by atoms with Crippen molar-refractivity contribution in [2.45, 2.75) is 32.2 Å². The van der Waals surface area contributed by atoms with Gasteiger partial charge in [-0.15, -0.1) is 0 Å². The van der Waals surface area contributed by atoms with Crippen molar-refractivity contribution in [3.63, 3.8) is 0 Å². The molecule has 1 fully saturated rings. The number of likely N-dealkylation sites (tertiary alicyclic amines) is 1. The number of amides is 1. The summed E-state index contributed by atoms with van der Waals surface area (Å²) in [7, 11) is 1.85. The highest BCUT2D eigenvalue weighted by atomic mass is 16.3. The van der Waals surface area contributed by atoms with Crippen molar-refractivity contribution in [3.05, 3.63) is 0 Å². The first-order valence-corrected chi connectivity index (χ1v) is 5.76. The molecule has 0 radical (unpaired) electrons. The molecular formula is C11H22N2O2. The van der Waals surface area contributed by atoms with Crippen LogP contribution in [-0.2, 0) is 4.79 Å². The molecule has 0 aromatic carbocycles. The molecule has 1 aliphatic heterocycles. The molecule has 0 aromatic heterocycles. The fourth-order valence-corrected chi connectivity index (χ4v) is 2.16. The van der Waals surface area contributed by atoms with Crippen LogP contribution in [0.2, 0.25) is 0 Å². The Morgan fingerprint density at radius 1 is 1.60 bits per heavy atom. The largest absolute Gasteiger partial charge is 0.394 e. The van der Waals surface area contributed by atoms with Gasteiger partial charge in [0.2, 0.25) is 5.91 Å². The topological polar surface area (TPSA) is 52.6 Å². The van der Waals surface area contributed by atoms with E-state index in [9.17, 15) is 9.90 Å². The van der Waals surface area contributed by atoms with Gasteiger partial charge in [-0.25, -0.2) is 0 Å². The molecule has 1 heterocycles. The number of hydrogen-bond acceptors (Lipinski definition) is 3. The Labute approximate surface area is 91.6 Å². The molecule has 2 N–H and O–H groups in total. The number of carbonyl (C=O) groups excluding carboxylic acids is 1. The minimum Gasteiger partial charge on any atom is -0.394 e. The number of rotatable bonds is 4. The zero-order valence-corrected chi connectivity index (χ0v) is 9.70. The maximum Gasteiger partial charge on any atom is 0.227 e. The van der Waals surface area contributed by atoms with E-state index in [0.717, 1.165) is 25.8 Å². The third-order valence-corrected chi connectivity index (χ3v) is 3.05. The second-order valence-electron chi connectivity index (χ2n) is 4.32. The van der Waals surface area contributed by atoms with Crippen LogP contribution in [0.4, 0.5) is 0 Å². The van der Waals surface area contributed by atoms with Crippen LogP contribution in [-0.4, -0.2) is 48.7 Å². The molecule has 4 heteroatoms. The molecule has 0 aliphatic carbocycles. The summed E-state index contributed by atoms with van der Waals surface area (Å²) < 4.78 is 0. The van der Waals surface area contributed by atoms with Crippen molar-refractivity contribution in [2.75, 3.05) is 26.7 Å². The molecule has 1 aliphatic rings. The number of aliphatic hydroxyl groups excluding tert-OH is 1. The highest BCUT2D eigenvalue weighted by molar-refractivity contribution is 5.79. The lowest BCUT2D eigenvalue weighted by molar-refractivity contribution is -0.139. The summed E-state index contributed by atoms with van der Waals surface area (Å²) in [6, 6.07) is 0.0468. The maximum atomic E-state index is 12.0. The van der Waals surface area contributed by atoms with E-state index in [4.69, 9.17) is 0 Å². The summed E-state index contributed by atoms with van der Waals surface area (Å²) in [4.78, 5) is 13.9. The normalized spacial score (nSPS) is 23.9. The quantitative estimate of drug-likeness (QED) is 0.703. The zero-order valence-electron chi connectivity index (χ0n) is 9.70. The standard InChI is InChI=1S/C11H22N2O2/c1-9(7-12-2)11(15)13-6-4-3-5-10(13)8-14/h9-10,12,14H,3-8H2,1-2H3. The lowest BCUT2D eigenvalue weighted by Gasteiger charge is -2.36. The summed E-state index contributed by atoms with van der Waals surface area (Å²) in [6.45, 7) is 3.53. The van der Waals surface area contributed by atoms with Crippen LogP contribution in [0.15, 0.2) is 0 Å². The molecule has 0 aromatic rings. The lowest BCUT2D eigenvalue weighted by Crippen LogP contribution is -2.48. The van der Waals surface area contributed by atoms with Crippen LogP contribution >= 0.6 is 0 Å². The minimum absolute atomic E-state index is 0.00199. The second kappa shape index (κ2) is 6.08. The highest BCUT2D eigenvalue weighted by Crippen LogP contribution is 2.18. The van der Waals surface area contributed by atoms with Gasteiger partial charge in [0.05, 0.1) is 12.6 Å². The molecule has 1 saturated heterocycles. The van der Waals surface area contributed by atoms with Crippen LogP contribution in [0.3, 0.4) is 0 Å². The number of nitrogens with one attached hydrogen (secondary N) is 1. The first kappa shape index (κ1) is 12.5. The summed E-state index contributed by atoms with van der Waals surface area (Å²) in [5.41, 5.74) is 0. The number of piperidine rings is 1. The summed E-state index contributed by atoms with van der Waals surface area (Å²) in [5, 5.41) is 12.2. The molecule has 2 atom stereocenters. The fourth-order valence-electron chi connectivity index (χ4n) is 2.16. The van der Waals surface area contributed by atoms with Gasteiger partial charge < -0.3 is 15.3 Å². The lowest BCUT2D eigenvalue weighted by atomic mass is 10.00. The first-order valence-electron chi connectivity index (χ1n) is 5.76. The van der Waals surface area contributed by atoms with E-state index in [1.165, 1.54) is 0 Å². The van der Waals surface area contributed by atoms with Crippen molar-refractivity contribution in [1.82, 2.24) is 10.2 Å². The number of aliphatic hydroxyl groups is 1. The average molecular weight is 214 g/mol. The Bertz CT molecular complexity index is 209. The van der Waals surface area contributed by atoms with Gasteiger partial charge in [0.15, 0.2) is 0 Å². The van der Waals surface area contributed by atoms with Gasteiger partial charge in [-0.1, -0.05) is 6.92 Å². The first-order chi connectivity index (χ1) is 7.20. The van der Waals surface area contributed by atoms with Crippen molar-refractivity contribution < 1.29 is 9.90 Å². The number of hydrogen-bond donors (Lipinski definition) is 2. The molecule has 2 unspecified atom stereocenters. The van der Waals surface area contributed by atoms with Crippen LogP contribution in [0, 0.1) is 5.92 Å². The third-order valence-electron chi connectivity index (χ3n) is 3.05. The Hall–Kier alpha value is -0.610. The summed E-state index contributed by atoms with van der Waals surface area (Å²) in [5.74, 6) is 0.172. The molecule has 4 nitrogen and oxygen atoms in total.